The molecule has 2 N–H and O–H groups in total. The highest BCUT2D eigenvalue weighted by Gasteiger charge is 2.04. The van der Waals surface area contributed by atoms with Crippen LogP contribution in [0.3, 0.4) is 0 Å². The maximum Gasteiger partial charge on any atom is 0.319 e. The van der Waals surface area contributed by atoms with Gasteiger partial charge in [0.2, 0.25) is 0 Å². The van der Waals surface area contributed by atoms with Gasteiger partial charge in [-0.25, -0.2) is 4.79 Å². The van der Waals surface area contributed by atoms with E-state index >= 15 is 0 Å². The molecule has 0 fully saturated rings. The molecule has 0 radical (unpaired) electrons. The number of urea groups is 1. The van der Waals surface area contributed by atoms with Gasteiger partial charge in [-0.05, 0) is 41.2 Å². The van der Waals surface area contributed by atoms with Gasteiger partial charge in [0.25, 0.3) is 0 Å². The number of rotatable bonds is 5. The van der Waals surface area contributed by atoms with Crippen molar-refractivity contribution in [2.24, 2.45) is 0 Å². The van der Waals surface area contributed by atoms with E-state index in [2.05, 4.69) is 27.1 Å². The van der Waals surface area contributed by atoms with Crippen LogP contribution in [0, 0.1) is 0 Å². The Balaban J connectivity index is 1.54. The summed E-state index contributed by atoms with van der Waals surface area (Å²) in [5.74, 6) is 0. The molecule has 6 heteroatoms. The van der Waals surface area contributed by atoms with Crippen LogP contribution in [0.4, 0.5) is 10.5 Å². The molecule has 1 heterocycles. The SMILES string of the molecule is CCc1cccc(NC(=O)NCc2ccc(-c3csnn3)cc2)c1. The van der Waals surface area contributed by atoms with Gasteiger partial charge in [-0.3, -0.25) is 0 Å². The molecule has 3 aromatic rings. The summed E-state index contributed by atoms with van der Waals surface area (Å²) in [4.78, 5) is 12.0. The molecule has 0 spiro atoms. The highest BCUT2D eigenvalue weighted by Crippen LogP contribution is 2.18. The van der Waals surface area contributed by atoms with Gasteiger partial charge >= 0.3 is 6.03 Å². The lowest BCUT2D eigenvalue weighted by Gasteiger charge is -2.09. The lowest BCUT2D eigenvalue weighted by Crippen LogP contribution is -2.28. The minimum atomic E-state index is -0.212. The molecule has 0 saturated carbocycles. The molecule has 3 rings (SSSR count). The van der Waals surface area contributed by atoms with E-state index in [-0.39, 0.29) is 6.03 Å². The van der Waals surface area contributed by atoms with Gasteiger partial charge in [0.05, 0.1) is 0 Å². The normalized spacial score (nSPS) is 10.4. The highest BCUT2D eigenvalue weighted by atomic mass is 32.1. The predicted octanol–water partition coefficient (Wildman–Crippen LogP) is 4.09. The molecule has 0 aliphatic rings. The Labute approximate surface area is 144 Å². The summed E-state index contributed by atoms with van der Waals surface area (Å²) in [7, 11) is 0. The molecule has 24 heavy (non-hydrogen) atoms. The fraction of sp³-hybridized carbons (Fsp3) is 0.167. The third-order valence-electron chi connectivity index (χ3n) is 3.66. The van der Waals surface area contributed by atoms with Crippen molar-refractivity contribution in [2.75, 3.05) is 5.32 Å². The third kappa shape index (κ3) is 4.17. The first-order chi connectivity index (χ1) is 11.7. The number of benzene rings is 2. The Bertz CT molecular complexity index is 800. The van der Waals surface area contributed by atoms with Crippen molar-refractivity contribution in [3.63, 3.8) is 0 Å². The summed E-state index contributed by atoms with van der Waals surface area (Å²) in [5, 5.41) is 11.7. The van der Waals surface area contributed by atoms with E-state index in [9.17, 15) is 4.79 Å². The quantitative estimate of drug-likeness (QED) is 0.736. The van der Waals surface area contributed by atoms with E-state index < -0.39 is 0 Å². The van der Waals surface area contributed by atoms with E-state index in [0.717, 1.165) is 28.9 Å². The largest absolute Gasteiger partial charge is 0.334 e. The fourth-order valence-electron chi connectivity index (χ4n) is 2.31. The van der Waals surface area contributed by atoms with Gasteiger partial charge in [0.15, 0.2) is 0 Å². The molecular formula is C18H18N4OS. The molecule has 0 aliphatic carbocycles. The van der Waals surface area contributed by atoms with Crippen LogP contribution >= 0.6 is 11.5 Å². The zero-order chi connectivity index (χ0) is 16.8. The third-order valence-corrected chi connectivity index (χ3v) is 4.16. The average molecular weight is 338 g/mol. The van der Waals surface area contributed by atoms with Crippen LogP contribution < -0.4 is 10.6 Å². The van der Waals surface area contributed by atoms with Crippen LogP contribution in [-0.2, 0) is 13.0 Å². The first-order valence-electron chi connectivity index (χ1n) is 7.75. The van der Waals surface area contributed by atoms with Gasteiger partial charge in [0.1, 0.15) is 5.69 Å². The van der Waals surface area contributed by atoms with Crippen molar-refractivity contribution in [2.45, 2.75) is 19.9 Å². The number of nitrogens with zero attached hydrogens (tertiary/aromatic N) is 2. The van der Waals surface area contributed by atoms with E-state index in [4.69, 9.17) is 0 Å². The topological polar surface area (TPSA) is 66.9 Å². The number of hydrogen-bond acceptors (Lipinski definition) is 4. The Morgan fingerprint density at radius 3 is 2.67 bits per heavy atom. The van der Waals surface area contributed by atoms with Crippen molar-refractivity contribution in [3.05, 3.63) is 65.0 Å². The van der Waals surface area contributed by atoms with Crippen LogP contribution in [0.2, 0.25) is 0 Å². The molecule has 0 saturated heterocycles. The molecule has 0 aliphatic heterocycles. The summed E-state index contributed by atoms with van der Waals surface area (Å²) in [6, 6.07) is 15.6. The second kappa shape index (κ2) is 7.70. The summed E-state index contributed by atoms with van der Waals surface area (Å²) < 4.78 is 3.86. The zero-order valence-corrected chi connectivity index (χ0v) is 14.1. The standard InChI is InChI=1S/C18H18N4OS/c1-2-13-4-3-5-16(10-13)20-18(23)19-11-14-6-8-15(9-7-14)17-12-24-22-21-17/h3-10,12H,2,11H2,1H3,(H2,19,20,23). The fourth-order valence-corrected chi connectivity index (χ4v) is 2.78. The molecule has 122 valence electrons. The smallest absolute Gasteiger partial charge is 0.319 e. The van der Waals surface area contributed by atoms with Crippen molar-refractivity contribution in [1.82, 2.24) is 14.9 Å². The van der Waals surface area contributed by atoms with Crippen LogP contribution in [-0.4, -0.2) is 15.6 Å². The highest BCUT2D eigenvalue weighted by molar-refractivity contribution is 7.03. The molecular weight excluding hydrogens is 320 g/mol. The predicted molar refractivity (Wildman–Crippen MR) is 97.0 cm³/mol. The lowest BCUT2D eigenvalue weighted by molar-refractivity contribution is 0.251. The molecule has 0 atom stereocenters. The Morgan fingerprint density at radius 1 is 1.12 bits per heavy atom. The van der Waals surface area contributed by atoms with Crippen LogP contribution in [0.5, 0.6) is 0 Å². The van der Waals surface area contributed by atoms with E-state index in [0.29, 0.717) is 6.54 Å². The molecule has 1 aromatic heterocycles. The summed E-state index contributed by atoms with van der Waals surface area (Å²) in [6.45, 7) is 2.55. The Morgan fingerprint density at radius 2 is 1.96 bits per heavy atom. The van der Waals surface area contributed by atoms with Crippen molar-refractivity contribution >= 4 is 23.3 Å². The number of aromatic nitrogens is 2. The van der Waals surface area contributed by atoms with E-state index in [1.165, 1.54) is 17.1 Å². The first-order valence-corrected chi connectivity index (χ1v) is 8.58. The van der Waals surface area contributed by atoms with Gasteiger partial charge in [-0.2, -0.15) is 0 Å². The Kier molecular flexibility index (Phi) is 5.18. The van der Waals surface area contributed by atoms with Gasteiger partial charge in [-0.15, -0.1) is 5.10 Å². The number of hydrogen-bond donors (Lipinski definition) is 2. The minimum absolute atomic E-state index is 0.212. The summed E-state index contributed by atoms with van der Waals surface area (Å²) in [6.07, 6.45) is 0.942. The monoisotopic (exact) mass is 338 g/mol. The molecule has 0 bridgehead atoms. The lowest BCUT2D eigenvalue weighted by atomic mass is 10.1. The number of carbonyl (C=O) groups excluding carboxylic acids is 1. The van der Waals surface area contributed by atoms with Crippen LogP contribution in [0.15, 0.2) is 53.9 Å². The molecule has 2 aromatic carbocycles. The summed E-state index contributed by atoms with van der Waals surface area (Å²) >= 11 is 1.33. The van der Waals surface area contributed by atoms with Crippen molar-refractivity contribution in [3.8, 4) is 11.3 Å². The maximum atomic E-state index is 12.0. The van der Waals surface area contributed by atoms with Gasteiger partial charge in [0, 0.05) is 23.2 Å². The van der Waals surface area contributed by atoms with Gasteiger partial charge < -0.3 is 10.6 Å². The Hall–Kier alpha value is -2.73. The molecule has 2 amide bonds. The maximum absolute atomic E-state index is 12.0. The van der Waals surface area contributed by atoms with Gasteiger partial charge in [-0.1, -0.05) is 47.8 Å². The first kappa shape index (κ1) is 16.1. The van der Waals surface area contributed by atoms with Crippen LogP contribution in [0.25, 0.3) is 11.3 Å². The average Bonchev–Trinajstić information content (AvgIpc) is 3.15. The number of carbonyl (C=O) groups is 1. The second-order valence-corrected chi connectivity index (χ2v) is 5.96. The molecule has 0 unspecified atom stereocenters. The number of aryl methyl sites for hydroxylation is 1. The van der Waals surface area contributed by atoms with Crippen molar-refractivity contribution in [1.29, 1.82) is 0 Å². The van der Waals surface area contributed by atoms with Crippen LogP contribution in [0.1, 0.15) is 18.1 Å². The van der Waals surface area contributed by atoms with E-state index in [1.54, 1.807) is 0 Å². The zero-order valence-electron chi connectivity index (χ0n) is 13.3. The second-order valence-electron chi connectivity index (χ2n) is 5.35. The number of amides is 2. The molecule has 5 nitrogen and oxygen atoms in total. The minimum Gasteiger partial charge on any atom is -0.334 e. The van der Waals surface area contributed by atoms with E-state index in [1.807, 2.05) is 53.9 Å². The van der Waals surface area contributed by atoms with Crippen molar-refractivity contribution < 1.29 is 4.79 Å². The number of anilines is 1. The summed E-state index contributed by atoms with van der Waals surface area (Å²) in [5.41, 5.74) is 4.92. The number of nitrogens with one attached hydrogen (secondary N) is 2.